The number of carboxylic acids is 1. The topological polar surface area (TPSA) is 66.8 Å². The second-order valence-electron chi connectivity index (χ2n) is 5.26. The van der Waals surface area contributed by atoms with Gasteiger partial charge in [-0.15, -0.1) is 0 Å². The van der Waals surface area contributed by atoms with Crippen molar-refractivity contribution in [1.82, 2.24) is 4.90 Å². The summed E-state index contributed by atoms with van der Waals surface area (Å²) < 4.78 is 5.66. The minimum Gasteiger partial charge on any atom is -0.481 e. The van der Waals surface area contributed by atoms with Crippen molar-refractivity contribution < 1.29 is 19.4 Å². The van der Waals surface area contributed by atoms with Crippen LogP contribution in [0.5, 0.6) is 5.75 Å². The Hall–Kier alpha value is -1.75. The molecule has 1 amide bonds. The van der Waals surface area contributed by atoms with Gasteiger partial charge in [-0.2, -0.15) is 0 Å². The van der Waals surface area contributed by atoms with Gasteiger partial charge < -0.3 is 14.7 Å². The number of benzene rings is 1. The van der Waals surface area contributed by atoms with E-state index in [2.05, 4.69) is 0 Å². The summed E-state index contributed by atoms with van der Waals surface area (Å²) in [6.07, 6.45) is 0.974. The highest BCUT2D eigenvalue weighted by molar-refractivity contribution is 6.30. The Kier molecular flexibility index (Phi) is 4.73. The largest absolute Gasteiger partial charge is 0.481 e. The number of rotatable bonds is 6. The number of amides is 1. The van der Waals surface area contributed by atoms with E-state index in [1.165, 1.54) is 4.90 Å². The Morgan fingerprint density at radius 1 is 1.48 bits per heavy atom. The molecule has 1 fully saturated rings. The van der Waals surface area contributed by atoms with Gasteiger partial charge in [-0.05, 0) is 50.5 Å². The molecule has 1 N–H and O–H groups in total. The average Bonchev–Trinajstić information content (AvgIpc) is 3.22. The molecule has 5 nitrogen and oxygen atoms in total. The number of ether oxygens (including phenoxy) is 1. The van der Waals surface area contributed by atoms with Crippen LogP contribution in [0.3, 0.4) is 0 Å². The van der Waals surface area contributed by atoms with Crippen LogP contribution < -0.4 is 4.74 Å². The van der Waals surface area contributed by atoms with Gasteiger partial charge in [0.2, 0.25) is 0 Å². The maximum absolute atomic E-state index is 12.4. The Bertz CT molecular complexity index is 557. The number of hydrogen-bond acceptors (Lipinski definition) is 3. The zero-order chi connectivity index (χ0) is 15.6. The van der Waals surface area contributed by atoms with E-state index in [4.69, 9.17) is 21.4 Å². The Morgan fingerprint density at radius 2 is 2.14 bits per heavy atom. The van der Waals surface area contributed by atoms with E-state index in [1.54, 1.807) is 25.1 Å². The van der Waals surface area contributed by atoms with Crippen LogP contribution in [0.1, 0.15) is 25.3 Å². The Morgan fingerprint density at radius 3 is 2.67 bits per heavy atom. The molecule has 1 saturated carbocycles. The molecule has 1 atom stereocenters. The summed E-state index contributed by atoms with van der Waals surface area (Å²) >= 11 is 5.88. The van der Waals surface area contributed by atoms with Crippen molar-refractivity contribution >= 4 is 23.5 Å². The first kappa shape index (κ1) is 15.6. The van der Waals surface area contributed by atoms with Crippen molar-refractivity contribution in [3.05, 3.63) is 28.8 Å². The Labute approximate surface area is 128 Å². The van der Waals surface area contributed by atoms with Crippen LogP contribution in [-0.2, 0) is 9.59 Å². The third-order valence-electron chi connectivity index (χ3n) is 3.36. The van der Waals surface area contributed by atoms with Gasteiger partial charge in [0.25, 0.3) is 5.91 Å². The Balaban J connectivity index is 2.05. The second-order valence-corrected chi connectivity index (χ2v) is 5.70. The van der Waals surface area contributed by atoms with E-state index in [0.29, 0.717) is 10.8 Å². The monoisotopic (exact) mass is 311 g/mol. The zero-order valence-corrected chi connectivity index (χ0v) is 12.8. The third kappa shape index (κ3) is 4.11. The van der Waals surface area contributed by atoms with E-state index < -0.39 is 12.1 Å². The summed E-state index contributed by atoms with van der Waals surface area (Å²) in [7, 11) is 0. The fourth-order valence-corrected chi connectivity index (χ4v) is 2.36. The molecular weight excluding hydrogens is 294 g/mol. The van der Waals surface area contributed by atoms with Crippen molar-refractivity contribution in [2.24, 2.45) is 0 Å². The highest BCUT2D eigenvalue weighted by Gasteiger charge is 2.36. The third-order valence-corrected chi connectivity index (χ3v) is 3.60. The maximum Gasteiger partial charge on any atom is 0.323 e. The van der Waals surface area contributed by atoms with Gasteiger partial charge in [0.15, 0.2) is 6.10 Å². The molecule has 0 bridgehead atoms. The number of hydrogen-bond donors (Lipinski definition) is 1. The summed E-state index contributed by atoms with van der Waals surface area (Å²) in [6.45, 7) is 3.19. The van der Waals surface area contributed by atoms with E-state index in [0.717, 1.165) is 18.4 Å². The highest BCUT2D eigenvalue weighted by atomic mass is 35.5. The van der Waals surface area contributed by atoms with Crippen LogP contribution in [0.4, 0.5) is 0 Å². The molecule has 2 rings (SSSR count). The molecule has 114 valence electrons. The second kappa shape index (κ2) is 6.35. The lowest BCUT2D eigenvalue weighted by atomic mass is 10.2. The number of aryl methyl sites for hydroxylation is 1. The number of carboxylic acid groups (broad SMARTS) is 1. The molecule has 1 aromatic carbocycles. The van der Waals surface area contributed by atoms with Gasteiger partial charge in [0.05, 0.1) is 0 Å². The van der Waals surface area contributed by atoms with Crippen LogP contribution in [0, 0.1) is 6.92 Å². The molecule has 0 aliphatic heterocycles. The summed E-state index contributed by atoms with van der Waals surface area (Å²) in [4.78, 5) is 24.6. The molecule has 1 unspecified atom stereocenters. The van der Waals surface area contributed by atoms with Crippen molar-refractivity contribution in [2.45, 2.75) is 38.8 Å². The lowest BCUT2D eigenvalue weighted by Crippen LogP contribution is -2.44. The van der Waals surface area contributed by atoms with Crippen molar-refractivity contribution in [3.8, 4) is 5.75 Å². The molecule has 6 heteroatoms. The fraction of sp³-hybridized carbons (Fsp3) is 0.467. The molecule has 0 saturated heterocycles. The molecule has 0 heterocycles. The van der Waals surface area contributed by atoms with Gasteiger partial charge in [-0.1, -0.05) is 11.6 Å². The number of nitrogens with zero attached hydrogens (tertiary/aromatic N) is 1. The summed E-state index contributed by atoms with van der Waals surface area (Å²) in [5, 5.41) is 9.51. The average molecular weight is 312 g/mol. The number of carbonyl (C=O) groups is 2. The van der Waals surface area contributed by atoms with Gasteiger partial charge in [-0.3, -0.25) is 9.59 Å². The zero-order valence-electron chi connectivity index (χ0n) is 12.0. The van der Waals surface area contributed by atoms with E-state index in [1.807, 2.05) is 6.92 Å². The van der Waals surface area contributed by atoms with Crippen molar-refractivity contribution in [3.63, 3.8) is 0 Å². The molecule has 0 spiro atoms. The van der Waals surface area contributed by atoms with Gasteiger partial charge in [-0.25, -0.2) is 0 Å². The minimum absolute atomic E-state index is 0.0333. The van der Waals surface area contributed by atoms with Crippen LogP contribution in [0.25, 0.3) is 0 Å². The van der Waals surface area contributed by atoms with E-state index in [-0.39, 0.29) is 18.5 Å². The molecule has 21 heavy (non-hydrogen) atoms. The highest BCUT2D eigenvalue weighted by Crippen LogP contribution is 2.28. The minimum atomic E-state index is -1.01. The van der Waals surface area contributed by atoms with Crippen LogP contribution in [0.15, 0.2) is 18.2 Å². The molecule has 1 aliphatic rings. The molecule has 0 aromatic heterocycles. The van der Waals surface area contributed by atoms with Crippen LogP contribution >= 0.6 is 11.6 Å². The van der Waals surface area contributed by atoms with Gasteiger partial charge >= 0.3 is 5.97 Å². The first-order valence-corrected chi connectivity index (χ1v) is 7.21. The first-order chi connectivity index (χ1) is 9.88. The lowest BCUT2D eigenvalue weighted by Gasteiger charge is -2.25. The van der Waals surface area contributed by atoms with Crippen LogP contribution in [0.2, 0.25) is 5.02 Å². The molecule has 1 aromatic rings. The summed E-state index contributed by atoms with van der Waals surface area (Å²) in [6, 6.07) is 5.19. The fourth-order valence-electron chi connectivity index (χ4n) is 2.14. The van der Waals surface area contributed by atoms with Crippen molar-refractivity contribution in [1.29, 1.82) is 0 Å². The summed E-state index contributed by atoms with van der Waals surface area (Å²) in [5.74, 6) is -0.731. The predicted octanol–water partition coefficient (Wildman–Crippen LogP) is 2.49. The van der Waals surface area contributed by atoms with Gasteiger partial charge in [0, 0.05) is 11.1 Å². The number of aliphatic carboxylic acids is 1. The smallest absolute Gasteiger partial charge is 0.323 e. The first-order valence-electron chi connectivity index (χ1n) is 6.83. The number of carbonyl (C=O) groups excluding carboxylic acids is 1. The normalized spacial score (nSPS) is 15.4. The van der Waals surface area contributed by atoms with Crippen LogP contribution in [-0.4, -0.2) is 40.6 Å². The molecular formula is C15H18ClNO4. The quantitative estimate of drug-likeness (QED) is 0.876. The number of halogens is 1. The summed E-state index contributed by atoms with van der Waals surface area (Å²) in [5.41, 5.74) is 0.832. The molecule has 0 radical (unpaired) electrons. The van der Waals surface area contributed by atoms with Gasteiger partial charge in [0.1, 0.15) is 12.3 Å². The van der Waals surface area contributed by atoms with E-state index in [9.17, 15) is 9.59 Å². The van der Waals surface area contributed by atoms with Crippen molar-refractivity contribution in [2.75, 3.05) is 6.54 Å². The molecule has 1 aliphatic carbocycles. The lowest BCUT2D eigenvalue weighted by molar-refractivity contribution is -0.148. The SMILES string of the molecule is Cc1cc(Cl)ccc1OC(C)C(=O)N(CC(=O)O)C1CC1. The predicted molar refractivity (Wildman–Crippen MR) is 78.6 cm³/mol. The van der Waals surface area contributed by atoms with E-state index >= 15 is 0 Å². The maximum atomic E-state index is 12.4. The standard InChI is InChI=1S/C15H18ClNO4/c1-9-7-11(16)3-6-13(9)21-10(2)15(20)17(8-14(18)19)12-4-5-12/h3,6-7,10,12H,4-5,8H2,1-2H3,(H,18,19).